The second-order valence-electron chi connectivity index (χ2n) is 15.1. The van der Waals surface area contributed by atoms with Gasteiger partial charge in [0.15, 0.2) is 17.4 Å². The summed E-state index contributed by atoms with van der Waals surface area (Å²) < 4.78 is 23.4. The van der Waals surface area contributed by atoms with Crippen LogP contribution >= 0.6 is 0 Å². The van der Waals surface area contributed by atoms with Gasteiger partial charge in [-0.25, -0.2) is 4.98 Å². The maximum atomic E-state index is 12.3. The Hall–Kier alpha value is -5.11. The first-order valence-electron chi connectivity index (χ1n) is 18.8. The molecule has 1 aliphatic carbocycles. The maximum absolute atomic E-state index is 12.3. The summed E-state index contributed by atoms with van der Waals surface area (Å²) in [5.41, 5.74) is 9.56. The summed E-state index contributed by atoms with van der Waals surface area (Å²) >= 11 is 0. The van der Waals surface area contributed by atoms with E-state index in [1.54, 1.807) is 12.1 Å². The van der Waals surface area contributed by atoms with Crippen molar-refractivity contribution in [3.05, 3.63) is 60.5 Å². The number of nitrogens with two attached hydrogens (primary N) is 1. The molecule has 14 heteroatoms. The largest absolute Gasteiger partial charge is 0.507 e. The van der Waals surface area contributed by atoms with Crippen molar-refractivity contribution in [2.24, 2.45) is 5.92 Å². The minimum Gasteiger partial charge on any atom is -0.507 e. The number of hydrogen-bond donors (Lipinski definition) is 2. The first-order chi connectivity index (χ1) is 25.7. The molecule has 2 bridgehead atoms. The number of phenolic OH excluding ortho intramolecular Hbond substituents is 1. The van der Waals surface area contributed by atoms with Gasteiger partial charge in [0.25, 0.3) is 0 Å². The molecule has 3 unspecified atom stereocenters. The van der Waals surface area contributed by atoms with Crippen LogP contribution in [0.3, 0.4) is 0 Å². The molecule has 3 aliphatic heterocycles. The molecular weight excluding hydrogens is 676 g/mol. The van der Waals surface area contributed by atoms with E-state index in [0.717, 1.165) is 81.9 Å². The summed E-state index contributed by atoms with van der Waals surface area (Å²) in [5, 5.41) is 23.2. The molecule has 3 N–H and O–H groups in total. The van der Waals surface area contributed by atoms with Gasteiger partial charge < -0.3 is 44.3 Å². The summed E-state index contributed by atoms with van der Waals surface area (Å²) in [6.07, 6.45) is 7.94. The van der Waals surface area contributed by atoms with Gasteiger partial charge in [0.1, 0.15) is 17.8 Å². The minimum absolute atomic E-state index is 0.0412. The van der Waals surface area contributed by atoms with Gasteiger partial charge >= 0.3 is 5.97 Å². The molecule has 4 fully saturated rings. The Morgan fingerprint density at radius 2 is 1.70 bits per heavy atom. The van der Waals surface area contributed by atoms with Gasteiger partial charge in [0, 0.05) is 80.7 Å². The highest BCUT2D eigenvalue weighted by Gasteiger charge is 2.41. The fourth-order valence-corrected chi connectivity index (χ4v) is 8.42. The standard InChI is InChI=1S/C39H48N8O6/c1-23(2)37(39(49)50-3)34-20-35(44-53-34)45-14-11-27(12-15-45)51-28-17-29(18-28)52-36-16-24(10-13-41-36)47-25-8-9-26(47)22-46(21-25)32-19-31(42-43-38(32)40)30-6-4-5-7-33(30)48/h4-7,10,13,16,19-20,23,25-29,37,48H,8-9,11-12,14-15,17-18,21-22H2,1-3H3,(H2,40,43)/t25?,26?,28-,29-,37?. The van der Waals surface area contributed by atoms with E-state index in [0.29, 0.717) is 40.8 Å². The number of pyridine rings is 1. The predicted octanol–water partition coefficient (Wildman–Crippen LogP) is 5.18. The topological polar surface area (TPSA) is 165 Å². The lowest BCUT2D eigenvalue weighted by Gasteiger charge is -2.43. The molecule has 14 nitrogen and oxygen atoms in total. The number of nitrogens with zero attached hydrogens (tertiary/aromatic N) is 7. The number of benzene rings is 1. The number of carbonyl (C=O) groups excluding carboxylic acids is 1. The van der Waals surface area contributed by atoms with Crippen LogP contribution in [0.2, 0.25) is 0 Å². The zero-order chi connectivity index (χ0) is 36.6. The number of carbonyl (C=O) groups is 1. The number of hydrogen-bond acceptors (Lipinski definition) is 14. The van der Waals surface area contributed by atoms with E-state index >= 15 is 0 Å². The number of phenols is 1. The number of para-hydroxylation sites is 1. The van der Waals surface area contributed by atoms with E-state index in [1.807, 2.05) is 44.3 Å². The molecule has 280 valence electrons. The number of piperazine rings is 1. The lowest BCUT2D eigenvalue weighted by Crippen LogP contribution is -2.54. The number of aromatic nitrogens is 4. The second-order valence-corrected chi connectivity index (χ2v) is 15.1. The lowest BCUT2D eigenvalue weighted by molar-refractivity contribution is -0.144. The van der Waals surface area contributed by atoms with Crippen molar-refractivity contribution in [1.82, 2.24) is 20.3 Å². The SMILES string of the molecule is COC(=O)C(c1cc(N2CCC(O[C@H]3C[C@H](Oc4cc(N5C6CCC5CN(c5cc(-c7ccccc7O)nnc5N)C6)ccn4)C3)CC2)no1)C(C)C. The number of piperidine rings is 1. The van der Waals surface area contributed by atoms with Crippen molar-refractivity contribution in [3.63, 3.8) is 0 Å². The fraction of sp³-hybridized carbons (Fsp3) is 0.513. The third-order valence-corrected chi connectivity index (χ3v) is 11.3. The van der Waals surface area contributed by atoms with E-state index in [4.69, 9.17) is 24.5 Å². The van der Waals surface area contributed by atoms with Gasteiger partial charge in [-0.15, -0.1) is 10.2 Å². The number of esters is 1. The third-order valence-electron chi connectivity index (χ3n) is 11.3. The number of methoxy groups -OCH3 is 1. The number of anilines is 4. The Balaban J connectivity index is 0.819. The zero-order valence-corrected chi connectivity index (χ0v) is 30.5. The number of ether oxygens (including phenoxy) is 3. The Labute approximate surface area is 309 Å². The normalized spacial score (nSPS) is 23.6. The molecule has 0 spiro atoms. The van der Waals surface area contributed by atoms with Crippen molar-refractivity contribution in [2.75, 3.05) is 53.7 Å². The van der Waals surface area contributed by atoms with Crippen LogP contribution in [0.15, 0.2) is 59.3 Å². The molecule has 0 amide bonds. The Morgan fingerprint density at radius 3 is 2.42 bits per heavy atom. The van der Waals surface area contributed by atoms with Crippen molar-refractivity contribution in [2.45, 2.75) is 88.7 Å². The van der Waals surface area contributed by atoms with Gasteiger partial charge in [-0.3, -0.25) is 4.79 Å². The molecule has 3 saturated heterocycles. The Morgan fingerprint density at radius 1 is 0.943 bits per heavy atom. The lowest BCUT2D eigenvalue weighted by atomic mass is 9.91. The monoisotopic (exact) mass is 724 g/mol. The number of fused-ring (bicyclic) bond motifs is 2. The Bertz CT molecular complexity index is 1890. The smallest absolute Gasteiger partial charge is 0.316 e. The van der Waals surface area contributed by atoms with Crippen molar-refractivity contribution in [1.29, 1.82) is 0 Å². The summed E-state index contributed by atoms with van der Waals surface area (Å²) in [4.78, 5) is 23.9. The van der Waals surface area contributed by atoms with Gasteiger partial charge in [-0.1, -0.05) is 31.1 Å². The van der Waals surface area contributed by atoms with E-state index in [9.17, 15) is 9.90 Å². The van der Waals surface area contributed by atoms with Crippen molar-refractivity contribution < 1.29 is 28.6 Å². The van der Waals surface area contributed by atoms with Crippen LogP contribution in [0.1, 0.15) is 64.1 Å². The quantitative estimate of drug-likeness (QED) is 0.194. The molecule has 53 heavy (non-hydrogen) atoms. The number of rotatable bonds is 11. The van der Waals surface area contributed by atoms with Crippen molar-refractivity contribution in [3.8, 4) is 22.9 Å². The van der Waals surface area contributed by atoms with E-state index in [-0.39, 0.29) is 35.9 Å². The van der Waals surface area contributed by atoms with E-state index < -0.39 is 5.92 Å². The van der Waals surface area contributed by atoms with Crippen molar-refractivity contribution >= 4 is 29.0 Å². The molecule has 1 saturated carbocycles. The molecule has 0 radical (unpaired) electrons. The van der Waals surface area contributed by atoms with Gasteiger partial charge in [-0.2, -0.15) is 0 Å². The summed E-state index contributed by atoms with van der Waals surface area (Å²) in [6.45, 7) is 7.18. The van der Waals surface area contributed by atoms with Crippen LogP contribution in [-0.4, -0.2) is 95.1 Å². The van der Waals surface area contributed by atoms with Crippen LogP contribution in [0.5, 0.6) is 11.6 Å². The van der Waals surface area contributed by atoms with Crippen LogP contribution in [0.25, 0.3) is 11.3 Å². The van der Waals surface area contributed by atoms with Crippen LogP contribution in [-0.2, 0) is 14.3 Å². The molecule has 4 aliphatic rings. The average molecular weight is 725 g/mol. The molecule has 3 aromatic heterocycles. The molecule has 1 aromatic carbocycles. The Kier molecular flexibility index (Phi) is 9.71. The third kappa shape index (κ3) is 7.16. The molecule has 4 aromatic rings. The van der Waals surface area contributed by atoms with Crippen LogP contribution in [0, 0.1) is 5.92 Å². The average Bonchev–Trinajstić information content (AvgIpc) is 3.73. The van der Waals surface area contributed by atoms with Gasteiger partial charge in [-0.05, 0) is 55.9 Å². The molecular formula is C39H48N8O6. The molecule has 6 heterocycles. The van der Waals surface area contributed by atoms with Crippen LogP contribution < -0.4 is 25.2 Å². The number of aromatic hydroxyl groups is 1. The van der Waals surface area contributed by atoms with Gasteiger partial charge in [0.05, 0.1) is 30.7 Å². The number of nitrogen functional groups attached to an aromatic ring is 1. The highest BCUT2D eigenvalue weighted by molar-refractivity contribution is 5.78. The second kappa shape index (κ2) is 14.7. The minimum atomic E-state index is -0.469. The predicted molar refractivity (Wildman–Crippen MR) is 199 cm³/mol. The summed E-state index contributed by atoms with van der Waals surface area (Å²) in [6, 6.07) is 15.7. The first kappa shape index (κ1) is 34.9. The van der Waals surface area contributed by atoms with Gasteiger partial charge in [0.2, 0.25) is 5.88 Å². The molecule has 3 atom stereocenters. The van der Waals surface area contributed by atoms with E-state index in [2.05, 4.69) is 47.2 Å². The first-order valence-corrected chi connectivity index (χ1v) is 18.8. The summed E-state index contributed by atoms with van der Waals surface area (Å²) in [5.74, 6) is 1.76. The summed E-state index contributed by atoms with van der Waals surface area (Å²) in [7, 11) is 1.40. The molecule has 8 rings (SSSR count). The van der Waals surface area contributed by atoms with Crippen LogP contribution in [0.4, 0.5) is 23.0 Å². The highest BCUT2D eigenvalue weighted by atomic mass is 16.5. The zero-order valence-electron chi connectivity index (χ0n) is 30.5. The fourth-order valence-electron chi connectivity index (χ4n) is 8.42. The highest BCUT2D eigenvalue weighted by Crippen LogP contribution is 2.40. The van der Waals surface area contributed by atoms with E-state index in [1.165, 1.54) is 7.11 Å². The maximum Gasteiger partial charge on any atom is 0.316 e.